The molecule has 106 valence electrons. The van der Waals surface area contributed by atoms with Crippen molar-refractivity contribution in [3.63, 3.8) is 0 Å². The van der Waals surface area contributed by atoms with Gasteiger partial charge in [0, 0.05) is 25.6 Å². The first-order valence-corrected chi connectivity index (χ1v) is 7.39. The van der Waals surface area contributed by atoms with E-state index < -0.39 is 5.92 Å². The van der Waals surface area contributed by atoms with E-state index in [9.17, 15) is 9.59 Å². The van der Waals surface area contributed by atoms with Crippen LogP contribution in [-0.2, 0) is 9.59 Å². The van der Waals surface area contributed by atoms with Crippen molar-refractivity contribution in [2.24, 2.45) is 5.92 Å². The summed E-state index contributed by atoms with van der Waals surface area (Å²) in [6, 6.07) is 9.87. The maximum atomic E-state index is 12.7. The highest BCUT2D eigenvalue weighted by Crippen LogP contribution is 2.31. The van der Waals surface area contributed by atoms with Crippen molar-refractivity contribution in [3.8, 4) is 0 Å². The Hall–Kier alpha value is -1.84. The number of piperidine rings is 1. The van der Waals surface area contributed by atoms with Crippen LogP contribution in [0.4, 0.5) is 0 Å². The van der Waals surface area contributed by atoms with Gasteiger partial charge in [0.1, 0.15) is 5.92 Å². The van der Waals surface area contributed by atoms with Gasteiger partial charge < -0.3 is 10.2 Å². The molecule has 2 heterocycles. The average Bonchev–Trinajstić information content (AvgIpc) is 2.90. The van der Waals surface area contributed by atoms with Crippen LogP contribution in [0.25, 0.3) is 0 Å². The highest BCUT2D eigenvalue weighted by Gasteiger charge is 2.42. The van der Waals surface area contributed by atoms with Gasteiger partial charge in [-0.3, -0.25) is 9.59 Å². The zero-order valence-electron chi connectivity index (χ0n) is 11.5. The molecule has 20 heavy (non-hydrogen) atoms. The van der Waals surface area contributed by atoms with Crippen molar-refractivity contribution in [2.45, 2.75) is 25.2 Å². The van der Waals surface area contributed by atoms with Crippen LogP contribution in [0.1, 0.15) is 30.7 Å². The van der Waals surface area contributed by atoms with Crippen molar-refractivity contribution in [1.29, 1.82) is 0 Å². The molecule has 0 saturated carbocycles. The summed E-state index contributed by atoms with van der Waals surface area (Å²) in [5, 5.41) is 2.85. The largest absolute Gasteiger partial charge is 0.355 e. The minimum Gasteiger partial charge on any atom is -0.355 e. The van der Waals surface area contributed by atoms with Gasteiger partial charge in [-0.1, -0.05) is 30.3 Å². The van der Waals surface area contributed by atoms with Crippen molar-refractivity contribution in [2.75, 3.05) is 19.6 Å². The van der Waals surface area contributed by atoms with E-state index in [2.05, 4.69) is 5.32 Å². The summed E-state index contributed by atoms with van der Waals surface area (Å²) in [6.45, 7) is 2.15. The van der Waals surface area contributed by atoms with Crippen LogP contribution in [0.5, 0.6) is 0 Å². The molecule has 1 N–H and O–H groups in total. The molecule has 1 aromatic rings. The summed E-state index contributed by atoms with van der Waals surface area (Å²) in [6.07, 6.45) is 3.29. The standard InChI is InChI=1S/C16H20N2O2/c19-15-14(16(20)18-9-5-2-6-10-18)13(11-17-15)12-7-3-1-4-8-12/h1,3-4,7-8,13-14H,2,5-6,9-11H2,(H,17,19). The first-order valence-electron chi connectivity index (χ1n) is 7.39. The maximum absolute atomic E-state index is 12.7. The lowest BCUT2D eigenvalue weighted by molar-refractivity contribution is -0.141. The molecule has 2 aliphatic rings. The third-order valence-corrected chi connectivity index (χ3v) is 4.34. The van der Waals surface area contributed by atoms with Crippen LogP contribution < -0.4 is 5.32 Å². The van der Waals surface area contributed by atoms with Crippen LogP contribution in [-0.4, -0.2) is 36.3 Å². The topological polar surface area (TPSA) is 49.4 Å². The van der Waals surface area contributed by atoms with Gasteiger partial charge in [0.25, 0.3) is 0 Å². The van der Waals surface area contributed by atoms with Gasteiger partial charge in [0.05, 0.1) is 0 Å². The van der Waals surface area contributed by atoms with Gasteiger partial charge in [0.15, 0.2) is 0 Å². The van der Waals surface area contributed by atoms with Crippen LogP contribution in [0.3, 0.4) is 0 Å². The molecule has 0 aliphatic carbocycles. The molecule has 0 aromatic heterocycles. The third-order valence-electron chi connectivity index (χ3n) is 4.34. The van der Waals surface area contributed by atoms with E-state index in [4.69, 9.17) is 0 Å². The number of nitrogens with zero attached hydrogens (tertiary/aromatic N) is 1. The fraction of sp³-hybridized carbons (Fsp3) is 0.500. The molecule has 1 aromatic carbocycles. The number of amides is 2. The minimum absolute atomic E-state index is 0.00792. The molecular weight excluding hydrogens is 252 g/mol. The van der Waals surface area contributed by atoms with Crippen LogP contribution >= 0.6 is 0 Å². The smallest absolute Gasteiger partial charge is 0.235 e. The summed E-state index contributed by atoms with van der Waals surface area (Å²) in [4.78, 5) is 26.6. The molecule has 0 radical (unpaired) electrons. The molecule has 2 saturated heterocycles. The second kappa shape index (κ2) is 5.65. The molecule has 0 bridgehead atoms. The number of rotatable bonds is 2. The molecule has 2 fully saturated rings. The highest BCUT2D eigenvalue weighted by molar-refractivity contribution is 6.03. The third kappa shape index (κ3) is 2.42. The summed E-state index contributed by atoms with van der Waals surface area (Å²) >= 11 is 0. The minimum atomic E-state index is -0.546. The van der Waals surface area contributed by atoms with Gasteiger partial charge in [0.2, 0.25) is 11.8 Å². The van der Waals surface area contributed by atoms with Crippen LogP contribution in [0, 0.1) is 5.92 Å². The van der Waals surface area contributed by atoms with E-state index in [0.717, 1.165) is 31.5 Å². The van der Waals surface area contributed by atoms with Gasteiger partial charge in [-0.2, -0.15) is 0 Å². The Morgan fingerprint density at radius 2 is 1.80 bits per heavy atom. The molecule has 3 rings (SSSR count). The maximum Gasteiger partial charge on any atom is 0.235 e. The first kappa shape index (κ1) is 13.2. The fourth-order valence-electron chi connectivity index (χ4n) is 3.23. The lowest BCUT2D eigenvalue weighted by Gasteiger charge is -2.30. The van der Waals surface area contributed by atoms with E-state index in [1.807, 2.05) is 35.2 Å². The Kier molecular flexibility index (Phi) is 3.72. The molecular formula is C16H20N2O2. The van der Waals surface area contributed by atoms with Crippen LogP contribution in [0.2, 0.25) is 0 Å². The molecule has 2 atom stereocenters. The zero-order valence-corrected chi connectivity index (χ0v) is 11.5. The molecule has 2 aliphatic heterocycles. The van der Waals surface area contributed by atoms with E-state index >= 15 is 0 Å². The second-order valence-corrected chi connectivity index (χ2v) is 5.63. The molecule has 4 heteroatoms. The predicted molar refractivity (Wildman–Crippen MR) is 76.1 cm³/mol. The number of likely N-dealkylation sites (tertiary alicyclic amines) is 1. The Morgan fingerprint density at radius 1 is 1.10 bits per heavy atom. The Bertz CT molecular complexity index is 494. The fourth-order valence-corrected chi connectivity index (χ4v) is 3.23. The number of nitrogens with one attached hydrogen (secondary N) is 1. The number of hydrogen-bond acceptors (Lipinski definition) is 2. The molecule has 4 nitrogen and oxygen atoms in total. The number of benzene rings is 1. The number of carbonyl (C=O) groups excluding carboxylic acids is 2. The zero-order chi connectivity index (χ0) is 13.9. The molecule has 0 spiro atoms. The Morgan fingerprint density at radius 3 is 2.50 bits per heavy atom. The molecule has 2 amide bonds. The summed E-state index contributed by atoms with van der Waals surface area (Å²) in [5.41, 5.74) is 1.07. The number of carbonyl (C=O) groups is 2. The summed E-state index contributed by atoms with van der Waals surface area (Å²) in [5.74, 6) is -0.684. The molecule has 2 unspecified atom stereocenters. The van der Waals surface area contributed by atoms with E-state index in [1.165, 1.54) is 6.42 Å². The quantitative estimate of drug-likeness (QED) is 0.830. The van der Waals surface area contributed by atoms with Crippen LogP contribution in [0.15, 0.2) is 30.3 Å². The van der Waals surface area contributed by atoms with E-state index in [-0.39, 0.29) is 17.7 Å². The van der Waals surface area contributed by atoms with Crippen molar-refractivity contribution in [3.05, 3.63) is 35.9 Å². The normalized spacial score (nSPS) is 26.4. The second-order valence-electron chi connectivity index (χ2n) is 5.63. The monoisotopic (exact) mass is 272 g/mol. The Balaban J connectivity index is 1.81. The van der Waals surface area contributed by atoms with Gasteiger partial charge >= 0.3 is 0 Å². The van der Waals surface area contributed by atoms with Crippen molar-refractivity contribution >= 4 is 11.8 Å². The summed E-state index contributed by atoms with van der Waals surface area (Å²) in [7, 11) is 0. The van der Waals surface area contributed by atoms with Crippen molar-refractivity contribution in [1.82, 2.24) is 10.2 Å². The predicted octanol–water partition coefficient (Wildman–Crippen LogP) is 1.53. The highest BCUT2D eigenvalue weighted by atomic mass is 16.2. The van der Waals surface area contributed by atoms with Gasteiger partial charge in [-0.25, -0.2) is 0 Å². The Labute approximate surface area is 119 Å². The summed E-state index contributed by atoms with van der Waals surface area (Å²) < 4.78 is 0. The first-order chi connectivity index (χ1) is 9.77. The lowest BCUT2D eigenvalue weighted by Crippen LogP contribution is -2.43. The SMILES string of the molecule is O=C1NCC(c2ccccc2)C1C(=O)N1CCCCC1. The van der Waals surface area contributed by atoms with Gasteiger partial charge in [-0.05, 0) is 24.8 Å². The van der Waals surface area contributed by atoms with E-state index in [1.54, 1.807) is 0 Å². The lowest BCUT2D eigenvalue weighted by atomic mass is 9.87. The van der Waals surface area contributed by atoms with E-state index in [0.29, 0.717) is 6.54 Å². The number of hydrogen-bond donors (Lipinski definition) is 1. The average molecular weight is 272 g/mol. The van der Waals surface area contributed by atoms with Gasteiger partial charge in [-0.15, -0.1) is 0 Å². The van der Waals surface area contributed by atoms with Crippen molar-refractivity contribution < 1.29 is 9.59 Å².